The second-order valence-electron chi connectivity index (χ2n) is 4.79. The van der Waals surface area contributed by atoms with Crippen LogP contribution < -0.4 is 0 Å². The summed E-state index contributed by atoms with van der Waals surface area (Å²) in [7, 11) is 0. The highest BCUT2D eigenvalue weighted by Gasteiger charge is 2.58. The van der Waals surface area contributed by atoms with Gasteiger partial charge in [-0.15, -0.1) is 0 Å². The molecule has 2 aliphatic heterocycles. The molecule has 0 radical (unpaired) electrons. The van der Waals surface area contributed by atoms with Crippen molar-refractivity contribution in [3.05, 3.63) is 0 Å². The Morgan fingerprint density at radius 2 is 2.35 bits per heavy atom. The first-order valence-corrected chi connectivity index (χ1v) is 7.35. The molecule has 0 spiro atoms. The standard InChI is InChI=1S/C12H20O4S/c1-2-16-10(13)11(4-3-7-17-9-11)12(14)5-6-15-8-12/h14H,2-9H2,1H3. The molecule has 2 fully saturated rings. The predicted molar refractivity (Wildman–Crippen MR) is 66.0 cm³/mol. The van der Waals surface area contributed by atoms with Gasteiger partial charge < -0.3 is 14.6 Å². The number of thioether (sulfide) groups is 1. The second-order valence-corrected chi connectivity index (χ2v) is 5.90. The van der Waals surface area contributed by atoms with E-state index in [1.54, 1.807) is 18.7 Å². The lowest BCUT2D eigenvalue weighted by molar-refractivity contribution is -0.174. The van der Waals surface area contributed by atoms with Crippen molar-refractivity contribution >= 4 is 17.7 Å². The van der Waals surface area contributed by atoms with Gasteiger partial charge in [0.2, 0.25) is 0 Å². The summed E-state index contributed by atoms with van der Waals surface area (Å²) in [5.74, 6) is 1.45. The summed E-state index contributed by atoms with van der Waals surface area (Å²) in [6, 6.07) is 0. The third-order valence-electron chi connectivity index (χ3n) is 3.80. The Balaban J connectivity index is 2.25. The molecule has 0 amide bonds. The molecular weight excluding hydrogens is 240 g/mol. The van der Waals surface area contributed by atoms with E-state index in [1.807, 2.05) is 0 Å². The Labute approximate surface area is 106 Å². The van der Waals surface area contributed by atoms with Gasteiger partial charge in [0.1, 0.15) is 11.0 Å². The topological polar surface area (TPSA) is 55.8 Å². The van der Waals surface area contributed by atoms with E-state index in [0.29, 0.717) is 31.8 Å². The molecule has 2 aliphatic rings. The minimum atomic E-state index is -1.04. The summed E-state index contributed by atoms with van der Waals surface area (Å²) in [4.78, 5) is 12.3. The molecule has 2 rings (SSSR count). The van der Waals surface area contributed by atoms with Gasteiger partial charge >= 0.3 is 5.97 Å². The Hall–Kier alpha value is -0.260. The zero-order valence-corrected chi connectivity index (χ0v) is 11.1. The maximum Gasteiger partial charge on any atom is 0.315 e. The van der Waals surface area contributed by atoms with Crippen LogP contribution in [0.4, 0.5) is 0 Å². The monoisotopic (exact) mass is 260 g/mol. The van der Waals surface area contributed by atoms with Crippen molar-refractivity contribution in [2.75, 3.05) is 31.3 Å². The lowest BCUT2D eigenvalue weighted by atomic mass is 9.69. The van der Waals surface area contributed by atoms with E-state index in [2.05, 4.69) is 0 Å². The highest BCUT2D eigenvalue weighted by atomic mass is 32.2. The SMILES string of the molecule is CCOC(=O)C1(C2(O)CCOC2)CCCSC1. The fourth-order valence-electron chi connectivity index (χ4n) is 2.71. The van der Waals surface area contributed by atoms with Crippen molar-refractivity contribution in [3.63, 3.8) is 0 Å². The van der Waals surface area contributed by atoms with Crippen molar-refractivity contribution in [3.8, 4) is 0 Å². The molecule has 4 nitrogen and oxygen atoms in total. The van der Waals surface area contributed by atoms with Crippen LogP contribution in [-0.2, 0) is 14.3 Å². The summed E-state index contributed by atoms with van der Waals surface area (Å²) >= 11 is 1.73. The maximum absolute atomic E-state index is 12.3. The van der Waals surface area contributed by atoms with E-state index in [0.717, 1.165) is 12.2 Å². The lowest BCUT2D eigenvalue weighted by Gasteiger charge is -2.44. The first-order valence-electron chi connectivity index (χ1n) is 6.20. The highest BCUT2D eigenvalue weighted by molar-refractivity contribution is 7.99. The summed E-state index contributed by atoms with van der Waals surface area (Å²) in [5, 5.41) is 10.7. The van der Waals surface area contributed by atoms with Crippen LogP contribution >= 0.6 is 11.8 Å². The number of carbonyl (C=O) groups excluding carboxylic acids is 1. The summed E-state index contributed by atoms with van der Waals surface area (Å²) in [5.41, 5.74) is -1.80. The van der Waals surface area contributed by atoms with Gasteiger partial charge in [0.25, 0.3) is 0 Å². The lowest BCUT2D eigenvalue weighted by Crippen LogP contribution is -2.57. The zero-order valence-electron chi connectivity index (χ0n) is 10.2. The molecule has 0 saturated carbocycles. The van der Waals surface area contributed by atoms with Gasteiger partial charge in [0.05, 0.1) is 13.2 Å². The third kappa shape index (κ3) is 2.20. The summed E-state index contributed by atoms with van der Waals surface area (Å²) < 4.78 is 10.5. The highest BCUT2D eigenvalue weighted by Crippen LogP contribution is 2.47. The minimum Gasteiger partial charge on any atom is -0.465 e. The van der Waals surface area contributed by atoms with Gasteiger partial charge in [0, 0.05) is 18.8 Å². The van der Waals surface area contributed by atoms with Crippen LogP contribution in [0.1, 0.15) is 26.2 Å². The van der Waals surface area contributed by atoms with E-state index in [4.69, 9.17) is 9.47 Å². The van der Waals surface area contributed by atoms with Crippen LogP contribution in [0.15, 0.2) is 0 Å². The smallest absolute Gasteiger partial charge is 0.315 e. The van der Waals surface area contributed by atoms with Crippen LogP contribution in [0.25, 0.3) is 0 Å². The zero-order chi connectivity index (χ0) is 12.4. The Morgan fingerprint density at radius 1 is 1.53 bits per heavy atom. The molecule has 0 aromatic heterocycles. The third-order valence-corrected chi connectivity index (χ3v) is 5.07. The normalized spacial score (nSPS) is 38.0. The van der Waals surface area contributed by atoms with Gasteiger partial charge in [-0.05, 0) is 25.5 Å². The fraction of sp³-hybridized carbons (Fsp3) is 0.917. The molecule has 0 bridgehead atoms. The quantitative estimate of drug-likeness (QED) is 0.773. The molecular formula is C12H20O4S. The average Bonchev–Trinajstić information content (AvgIpc) is 2.79. The van der Waals surface area contributed by atoms with E-state index in [-0.39, 0.29) is 12.6 Å². The van der Waals surface area contributed by atoms with Crippen molar-refractivity contribution in [2.45, 2.75) is 31.8 Å². The number of ether oxygens (including phenoxy) is 2. The van der Waals surface area contributed by atoms with Gasteiger partial charge in [0.15, 0.2) is 0 Å². The first kappa shape index (κ1) is 13.2. The molecule has 98 valence electrons. The molecule has 2 heterocycles. The van der Waals surface area contributed by atoms with Crippen LogP contribution in [0.2, 0.25) is 0 Å². The Bertz CT molecular complexity index is 280. The Kier molecular flexibility index (Phi) is 4.00. The predicted octanol–water partition coefficient (Wildman–Crippen LogP) is 1.21. The fourth-order valence-corrected chi connectivity index (χ4v) is 4.09. The van der Waals surface area contributed by atoms with Crippen molar-refractivity contribution in [1.29, 1.82) is 0 Å². The molecule has 1 N–H and O–H groups in total. The number of esters is 1. The Morgan fingerprint density at radius 3 is 2.88 bits per heavy atom. The number of hydrogen-bond acceptors (Lipinski definition) is 5. The first-order chi connectivity index (χ1) is 8.15. The average molecular weight is 260 g/mol. The summed E-state index contributed by atoms with van der Waals surface area (Å²) in [6.07, 6.45) is 2.19. The molecule has 5 heteroatoms. The summed E-state index contributed by atoms with van der Waals surface area (Å²) in [6.45, 7) is 2.95. The van der Waals surface area contributed by atoms with Crippen molar-refractivity contribution in [2.24, 2.45) is 5.41 Å². The van der Waals surface area contributed by atoms with Crippen LogP contribution in [0.5, 0.6) is 0 Å². The number of carbonyl (C=O) groups is 1. The number of aliphatic hydroxyl groups is 1. The molecule has 0 aliphatic carbocycles. The van der Waals surface area contributed by atoms with Gasteiger partial charge in [-0.2, -0.15) is 11.8 Å². The van der Waals surface area contributed by atoms with Crippen LogP contribution in [-0.4, -0.2) is 48.0 Å². The van der Waals surface area contributed by atoms with E-state index >= 15 is 0 Å². The van der Waals surface area contributed by atoms with Crippen molar-refractivity contribution < 1.29 is 19.4 Å². The van der Waals surface area contributed by atoms with Crippen LogP contribution in [0, 0.1) is 5.41 Å². The number of rotatable bonds is 3. The van der Waals surface area contributed by atoms with Crippen LogP contribution in [0.3, 0.4) is 0 Å². The van der Waals surface area contributed by atoms with E-state index < -0.39 is 11.0 Å². The van der Waals surface area contributed by atoms with E-state index in [1.165, 1.54) is 0 Å². The van der Waals surface area contributed by atoms with Crippen molar-refractivity contribution in [1.82, 2.24) is 0 Å². The molecule has 2 saturated heterocycles. The largest absolute Gasteiger partial charge is 0.465 e. The van der Waals surface area contributed by atoms with Gasteiger partial charge in [-0.1, -0.05) is 0 Å². The molecule has 2 atom stereocenters. The molecule has 2 unspecified atom stereocenters. The molecule has 17 heavy (non-hydrogen) atoms. The van der Waals surface area contributed by atoms with Gasteiger partial charge in [-0.3, -0.25) is 4.79 Å². The molecule has 0 aromatic rings. The van der Waals surface area contributed by atoms with Gasteiger partial charge in [-0.25, -0.2) is 0 Å². The minimum absolute atomic E-state index is 0.250. The maximum atomic E-state index is 12.3. The molecule has 0 aromatic carbocycles. The number of hydrogen-bond donors (Lipinski definition) is 1. The second kappa shape index (κ2) is 5.16. The van der Waals surface area contributed by atoms with E-state index in [9.17, 15) is 9.90 Å².